The SMILES string of the molecule is CCN(CC)C(=O)COc1c(S(=O)(=O)CC)ccc(C(O)=C2C(=O)CCCC2=O)c1Cl. The maximum atomic E-state index is 12.5. The minimum Gasteiger partial charge on any atom is -0.506 e. The lowest BCUT2D eigenvalue weighted by atomic mass is 9.90. The molecule has 0 atom stereocenters. The van der Waals surface area contributed by atoms with Crippen LogP contribution in [0.1, 0.15) is 45.6 Å². The normalized spacial score (nSPS) is 14.5. The van der Waals surface area contributed by atoms with Gasteiger partial charge in [-0.2, -0.15) is 0 Å². The van der Waals surface area contributed by atoms with Crippen LogP contribution >= 0.6 is 11.6 Å². The molecule has 8 nitrogen and oxygen atoms in total. The zero-order chi connectivity index (χ0) is 23.3. The average molecular weight is 472 g/mol. The Kier molecular flexibility index (Phi) is 8.25. The number of allylic oxidation sites excluding steroid dienone is 1. The second-order valence-electron chi connectivity index (χ2n) is 6.94. The number of Topliss-reactive ketones (excluding diaryl/α,β-unsaturated/α-hetero) is 2. The number of halogens is 1. The number of rotatable bonds is 8. The molecule has 0 radical (unpaired) electrons. The Hall–Kier alpha value is -2.39. The first-order valence-electron chi connectivity index (χ1n) is 10.0. The topological polar surface area (TPSA) is 118 Å². The summed E-state index contributed by atoms with van der Waals surface area (Å²) < 4.78 is 30.6. The van der Waals surface area contributed by atoms with Gasteiger partial charge < -0.3 is 14.7 Å². The highest BCUT2D eigenvalue weighted by atomic mass is 35.5. The molecule has 1 fully saturated rings. The fourth-order valence-electron chi connectivity index (χ4n) is 3.27. The Balaban J connectivity index is 2.59. The van der Waals surface area contributed by atoms with E-state index in [2.05, 4.69) is 0 Å². The van der Waals surface area contributed by atoms with Gasteiger partial charge in [-0.25, -0.2) is 8.42 Å². The summed E-state index contributed by atoms with van der Waals surface area (Å²) in [4.78, 5) is 38.0. The lowest BCUT2D eigenvalue weighted by Crippen LogP contribution is -2.34. The quantitative estimate of drug-likeness (QED) is 0.351. The van der Waals surface area contributed by atoms with Crippen molar-refractivity contribution >= 4 is 44.7 Å². The molecule has 1 saturated carbocycles. The maximum absolute atomic E-state index is 12.5. The standard InChI is InChI=1S/C21H26ClNO7S/c1-4-23(5-2)17(26)12-30-21-16(31(28,29)6-3)11-10-13(19(21)22)20(27)18-14(24)8-7-9-15(18)25/h10-11,27H,4-9,12H2,1-3H3. The Morgan fingerprint density at radius 2 is 1.71 bits per heavy atom. The Labute approximate surface area is 186 Å². The van der Waals surface area contributed by atoms with Crippen LogP contribution in [0, 0.1) is 0 Å². The lowest BCUT2D eigenvalue weighted by molar-refractivity contribution is -0.133. The van der Waals surface area contributed by atoms with Gasteiger partial charge in [0.15, 0.2) is 33.8 Å². The molecule has 1 aromatic rings. The summed E-state index contributed by atoms with van der Waals surface area (Å²) in [7, 11) is -3.79. The van der Waals surface area contributed by atoms with E-state index in [4.69, 9.17) is 16.3 Å². The number of aliphatic hydroxyl groups is 1. The third-order valence-electron chi connectivity index (χ3n) is 5.09. The summed E-state index contributed by atoms with van der Waals surface area (Å²) in [5.41, 5.74) is -0.468. The van der Waals surface area contributed by atoms with Crippen LogP contribution in [0.25, 0.3) is 5.76 Å². The van der Waals surface area contributed by atoms with Crippen molar-refractivity contribution < 1.29 is 32.6 Å². The van der Waals surface area contributed by atoms with Crippen LogP contribution in [0.4, 0.5) is 0 Å². The van der Waals surface area contributed by atoms with Gasteiger partial charge in [0.1, 0.15) is 16.2 Å². The summed E-state index contributed by atoms with van der Waals surface area (Å²) >= 11 is 6.39. The molecular formula is C21H26ClNO7S. The fraction of sp³-hybridized carbons (Fsp3) is 0.476. The summed E-state index contributed by atoms with van der Waals surface area (Å²) in [6.45, 7) is 5.47. The van der Waals surface area contributed by atoms with Gasteiger partial charge in [0.2, 0.25) is 0 Å². The van der Waals surface area contributed by atoms with E-state index in [1.54, 1.807) is 13.8 Å². The molecule has 0 spiro atoms. The van der Waals surface area contributed by atoms with Gasteiger partial charge in [-0.05, 0) is 32.4 Å². The predicted octanol–water partition coefficient (Wildman–Crippen LogP) is 2.97. The van der Waals surface area contributed by atoms with Crippen LogP contribution in [-0.4, -0.2) is 61.3 Å². The van der Waals surface area contributed by atoms with Crippen LogP contribution in [0.15, 0.2) is 22.6 Å². The van der Waals surface area contributed by atoms with Crippen molar-refractivity contribution in [3.63, 3.8) is 0 Å². The molecule has 0 aromatic heterocycles. The highest BCUT2D eigenvalue weighted by Gasteiger charge is 2.31. The first kappa shape index (κ1) is 24.9. The number of nitrogens with zero attached hydrogens (tertiary/aromatic N) is 1. The Morgan fingerprint density at radius 3 is 2.23 bits per heavy atom. The molecule has 0 heterocycles. The summed E-state index contributed by atoms with van der Waals surface area (Å²) in [6, 6.07) is 2.41. The number of aliphatic hydroxyl groups excluding tert-OH is 1. The Morgan fingerprint density at radius 1 is 1.13 bits per heavy atom. The molecule has 0 aliphatic heterocycles. The summed E-state index contributed by atoms with van der Waals surface area (Å²) in [6.07, 6.45) is 0.636. The van der Waals surface area contributed by atoms with Gasteiger partial charge in [-0.3, -0.25) is 14.4 Å². The van der Waals surface area contributed by atoms with E-state index in [0.29, 0.717) is 19.5 Å². The van der Waals surface area contributed by atoms with Gasteiger partial charge in [0.25, 0.3) is 5.91 Å². The van der Waals surface area contributed by atoms with Crippen molar-refractivity contribution in [1.29, 1.82) is 0 Å². The number of hydrogen-bond donors (Lipinski definition) is 1. The van der Waals surface area contributed by atoms with Crippen LogP contribution < -0.4 is 4.74 Å². The molecule has 1 N–H and O–H groups in total. The number of carbonyl (C=O) groups is 3. The predicted molar refractivity (Wildman–Crippen MR) is 116 cm³/mol. The molecule has 31 heavy (non-hydrogen) atoms. The molecule has 1 aromatic carbocycles. The van der Waals surface area contributed by atoms with Crippen molar-refractivity contribution in [1.82, 2.24) is 4.90 Å². The van der Waals surface area contributed by atoms with Crippen molar-refractivity contribution in [2.75, 3.05) is 25.4 Å². The van der Waals surface area contributed by atoms with Gasteiger partial charge in [-0.15, -0.1) is 0 Å². The highest BCUT2D eigenvalue weighted by Crippen LogP contribution is 2.39. The average Bonchev–Trinajstić information content (AvgIpc) is 2.73. The summed E-state index contributed by atoms with van der Waals surface area (Å²) in [5, 5.41) is 10.4. The van der Waals surface area contributed by atoms with Crippen molar-refractivity contribution in [2.24, 2.45) is 0 Å². The number of likely N-dealkylation sites (N-methyl/N-ethyl adjacent to an activating group) is 1. The summed E-state index contributed by atoms with van der Waals surface area (Å²) in [5.74, 6) is -2.55. The van der Waals surface area contributed by atoms with Crippen molar-refractivity contribution in [3.8, 4) is 5.75 Å². The number of ketones is 2. The molecule has 0 unspecified atom stereocenters. The zero-order valence-electron chi connectivity index (χ0n) is 17.7. The molecule has 0 saturated heterocycles. The Bertz CT molecular complexity index is 1010. The first-order chi connectivity index (χ1) is 14.6. The van der Waals surface area contributed by atoms with Crippen LogP contribution in [-0.2, 0) is 24.2 Å². The minimum absolute atomic E-state index is 0.111. The van der Waals surface area contributed by atoms with Crippen LogP contribution in [0.5, 0.6) is 5.75 Å². The number of hydrogen-bond acceptors (Lipinski definition) is 7. The van der Waals surface area contributed by atoms with E-state index >= 15 is 0 Å². The van der Waals surface area contributed by atoms with Crippen LogP contribution in [0.3, 0.4) is 0 Å². The molecule has 170 valence electrons. The van der Waals surface area contributed by atoms with E-state index in [-0.39, 0.29) is 51.3 Å². The number of carbonyl (C=O) groups excluding carboxylic acids is 3. The van der Waals surface area contributed by atoms with E-state index in [0.717, 1.165) is 0 Å². The van der Waals surface area contributed by atoms with E-state index in [1.807, 2.05) is 0 Å². The number of sulfone groups is 1. The molecular weight excluding hydrogens is 446 g/mol. The largest absolute Gasteiger partial charge is 0.506 e. The maximum Gasteiger partial charge on any atom is 0.260 e. The zero-order valence-corrected chi connectivity index (χ0v) is 19.3. The molecule has 1 aliphatic carbocycles. The molecule has 1 aliphatic rings. The lowest BCUT2D eigenvalue weighted by Gasteiger charge is -2.21. The second kappa shape index (κ2) is 10.3. The number of ether oxygens (including phenoxy) is 1. The van der Waals surface area contributed by atoms with Gasteiger partial charge >= 0.3 is 0 Å². The minimum atomic E-state index is -3.79. The number of benzene rings is 1. The van der Waals surface area contributed by atoms with Gasteiger partial charge in [0, 0.05) is 31.5 Å². The number of amides is 1. The van der Waals surface area contributed by atoms with E-state index in [1.165, 1.54) is 24.0 Å². The highest BCUT2D eigenvalue weighted by molar-refractivity contribution is 7.91. The first-order valence-corrected chi connectivity index (χ1v) is 12.1. The second-order valence-corrected chi connectivity index (χ2v) is 9.56. The third-order valence-corrected chi connectivity index (χ3v) is 7.22. The van der Waals surface area contributed by atoms with Gasteiger partial charge in [0.05, 0.1) is 10.8 Å². The smallest absolute Gasteiger partial charge is 0.260 e. The molecule has 1 amide bonds. The third kappa shape index (κ3) is 5.27. The molecule has 2 rings (SSSR count). The monoisotopic (exact) mass is 471 g/mol. The fourth-order valence-corrected chi connectivity index (χ4v) is 4.67. The van der Waals surface area contributed by atoms with Gasteiger partial charge in [-0.1, -0.05) is 18.5 Å². The molecule has 0 bridgehead atoms. The van der Waals surface area contributed by atoms with Crippen molar-refractivity contribution in [2.45, 2.75) is 44.9 Å². The van der Waals surface area contributed by atoms with Crippen molar-refractivity contribution in [3.05, 3.63) is 28.3 Å². The van der Waals surface area contributed by atoms with Crippen LogP contribution in [0.2, 0.25) is 5.02 Å². The van der Waals surface area contributed by atoms with E-state index < -0.39 is 33.8 Å². The molecule has 10 heteroatoms. The van der Waals surface area contributed by atoms with E-state index in [9.17, 15) is 27.9 Å².